The molecule has 0 spiro atoms. The van der Waals surface area contributed by atoms with Crippen LogP contribution in [0.25, 0.3) is 0 Å². The van der Waals surface area contributed by atoms with Crippen LogP contribution < -0.4 is 11.3 Å². The molecule has 3 N–H and O–H groups in total. The number of nitrogens with two attached hydrogens (primary N) is 1. The third kappa shape index (κ3) is 2.66. The summed E-state index contributed by atoms with van der Waals surface area (Å²) in [6, 6.07) is 0.310. The minimum atomic E-state index is 0.310. The monoisotopic (exact) mass is 237 g/mol. The molecule has 1 aliphatic rings. The Balaban J connectivity index is 2.01. The second-order valence-electron chi connectivity index (χ2n) is 5.68. The lowest BCUT2D eigenvalue weighted by molar-refractivity contribution is 0.394. The molecule has 0 amide bonds. The molecule has 1 saturated carbocycles. The van der Waals surface area contributed by atoms with E-state index in [4.69, 9.17) is 5.84 Å². The van der Waals surface area contributed by atoms with Crippen molar-refractivity contribution >= 4 is 0 Å². The maximum absolute atomic E-state index is 5.67. The fraction of sp³-hybridized carbons (Fsp3) is 0.833. The van der Waals surface area contributed by atoms with E-state index in [0.29, 0.717) is 17.4 Å². The number of nitrogens with one attached hydrogen (secondary N) is 1. The molecular formula is C12H23N5. The summed E-state index contributed by atoms with van der Waals surface area (Å²) in [4.78, 5) is 4.34. The number of hydrogen-bond donors (Lipinski definition) is 2. The molecule has 1 fully saturated rings. The van der Waals surface area contributed by atoms with Gasteiger partial charge in [-0.2, -0.15) is 5.10 Å². The van der Waals surface area contributed by atoms with Crippen LogP contribution in [-0.2, 0) is 13.0 Å². The van der Waals surface area contributed by atoms with Crippen LogP contribution in [-0.4, -0.2) is 20.8 Å². The van der Waals surface area contributed by atoms with Gasteiger partial charge in [0, 0.05) is 19.0 Å². The van der Waals surface area contributed by atoms with Gasteiger partial charge < -0.3 is 0 Å². The van der Waals surface area contributed by atoms with Gasteiger partial charge in [0.2, 0.25) is 0 Å². The topological polar surface area (TPSA) is 68.8 Å². The van der Waals surface area contributed by atoms with Gasteiger partial charge in [-0.15, -0.1) is 0 Å². The van der Waals surface area contributed by atoms with Crippen molar-refractivity contribution in [2.45, 2.75) is 52.6 Å². The Morgan fingerprint density at radius 1 is 1.65 bits per heavy atom. The summed E-state index contributed by atoms with van der Waals surface area (Å²) in [6.07, 6.45) is 4.82. The fourth-order valence-electron chi connectivity index (χ4n) is 2.55. The summed E-state index contributed by atoms with van der Waals surface area (Å²) in [5, 5.41) is 4.25. The van der Waals surface area contributed by atoms with E-state index in [1.807, 2.05) is 4.68 Å². The smallest absolute Gasteiger partial charge is 0.138 e. The molecule has 1 aliphatic carbocycles. The Kier molecular flexibility index (Phi) is 3.49. The molecular weight excluding hydrogens is 214 g/mol. The van der Waals surface area contributed by atoms with Gasteiger partial charge in [0.15, 0.2) is 0 Å². The van der Waals surface area contributed by atoms with Gasteiger partial charge in [-0.3, -0.25) is 16.0 Å². The molecule has 1 heterocycles. The molecule has 5 heteroatoms. The zero-order valence-electron chi connectivity index (χ0n) is 11.0. The standard InChI is InChI=1S/C12H23N5/c1-4-5-17-11(14-8-15-17)6-10(16-13)9-7-12(9,2)3/h8-10,16H,4-7,13H2,1-3H3. The van der Waals surface area contributed by atoms with Crippen molar-refractivity contribution in [3.63, 3.8) is 0 Å². The first-order chi connectivity index (χ1) is 8.08. The molecule has 17 heavy (non-hydrogen) atoms. The van der Waals surface area contributed by atoms with Crippen molar-refractivity contribution in [3.8, 4) is 0 Å². The van der Waals surface area contributed by atoms with E-state index in [-0.39, 0.29) is 0 Å². The van der Waals surface area contributed by atoms with Crippen molar-refractivity contribution in [3.05, 3.63) is 12.2 Å². The minimum absolute atomic E-state index is 0.310. The van der Waals surface area contributed by atoms with Crippen molar-refractivity contribution in [1.82, 2.24) is 20.2 Å². The summed E-state index contributed by atoms with van der Waals surface area (Å²) in [6.45, 7) is 7.66. The van der Waals surface area contributed by atoms with Gasteiger partial charge in [0.05, 0.1) is 0 Å². The SMILES string of the molecule is CCCn1ncnc1CC(NN)C1CC1(C)C. The van der Waals surface area contributed by atoms with Crippen LogP contribution in [0.2, 0.25) is 0 Å². The minimum Gasteiger partial charge on any atom is -0.271 e. The molecule has 0 aromatic carbocycles. The zero-order chi connectivity index (χ0) is 12.5. The molecule has 0 bridgehead atoms. The van der Waals surface area contributed by atoms with Gasteiger partial charge >= 0.3 is 0 Å². The normalized spacial score (nSPS) is 23.6. The number of nitrogens with zero attached hydrogens (tertiary/aromatic N) is 3. The average molecular weight is 237 g/mol. The first-order valence-electron chi connectivity index (χ1n) is 6.41. The van der Waals surface area contributed by atoms with Gasteiger partial charge in [-0.25, -0.2) is 4.98 Å². The lowest BCUT2D eigenvalue weighted by Crippen LogP contribution is -2.40. The second-order valence-corrected chi connectivity index (χ2v) is 5.68. The molecule has 96 valence electrons. The highest BCUT2D eigenvalue weighted by molar-refractivity contribution is 5.04. The number of hydrazine groups is 1. The largest absolute Gasteiger partial charge is 0.271 e. The van der Waals surface area contributed by atoms with Gasteiger partial charge in [-0.05, 0) is 24.2 Å². The predicted octanol–water partition coefficient (Wildman–Crippen LogP) is 1.11. The van der Waals surface area contributed by atoms with E-state index >= 15 is 0 Å². The molecule has 1 aromatic heterocycles. The van der Waals surface area contributed by atoms with E-state index in [1.54, 1.807) is 6.33 Å². The highest BCUT2D eigenvalue weighted by Gasteiger charge is 2.49. The second kappa shape index (κ2) is 4.74. The summed E-state index contributed by atoms with van der Waals surface area (Å²) < 4.78 is 1.99. The Morgan fingerprint density at radius 3 is 2.88 bits per heavy atom. The molecule has 2 rings (SSSR count). The van der Waals surface area contributed by atoms with Gasteiger partial charge in [0.25, 0.3) is 0 Å². The number of aromatic nitrogens is 3. The molecule has 2 unspecified atom stereocenters. The summed E-state index contributed by atoms with van der Waals surface area (Å²) in [5.74, 6) is 7.36. The third-order valence-corrected chi connectivity index (χ3v) is 3.82. The van der Waals surface area contributed by atoms with E-state index in [2.05, 4.69) is 36.3 Å². The van der Waals surface area contributed by atoms with Gasteiger partial charge in [0.1, 0.15) is 12.2 Å². The number of hydrogen-bond acceptors (Lipinski definition) is 4. The molecule has 1 aromatic rings. The van der Waals surface area contributed by atoms with Crippen LogP contribution >= 0.6 is 0 Å². The third-order valence-electron chi connectivity index (χ3n) is 3.82. The first kappa shape index (κ1) is 12.5. The average Bonchev–Trinajstić information content (AvgIpc) is 2.72. The summed E-state index contributed by atoms with van der Waals surface area (Å²) in [7, 11) is 0. The molecule has 0 radical (unpaired) electrons. The van der Waals surface area contributed by atoms with Crippen LogP contribution in [0.3, 0.4) is 0 Å². The lowest BCUT2D eigenvalue weighted by atomic mass is 10.0. The van der Waals surface area contributed by atoms with Crippen molar-refractivity contribution < 1.29 is 0 Å². The quantitative estimate of drug-likeness (QED) is 0.574. The van der Waals surface area contributed by atoms with Crippen LogP contribution in [0, 0.1) is 11.3 Å². The van der Waals surface area contributed by atoms with Crippen LogP contribution in [0.15, 0.2) is 6.33 Å². The zero-order valence-corrected chi connectivity index (χ0v) is 11.0. The van der Waals surface area contributed by atoms with E-state index in [0.717, 1.165) is 25.2 Å². The first-order valence-corrected chi connectivity index (χ1v) is 6.41. The summed E-state index contributed by atoms with van der Waals surface area (Å²) in [5.41, 5.74) is 3.37. The van der Waals surface area contributed by atoms with Crippen molar-refractivity contribution in [2.75, 3.05) is 0 Å². The van der Waals surface area contributed by atoms with Crippen LogP contribution in [0.4, 0.5) is 0 Å². The van der Waals surface area contributed by atoms with Crippen LogP contribution in [0.5, 0.6) is 0 Å². The maximum Gasteiger partial charge on any atom is 0.138 e. The van der Waals surface area contributed by atoms with E-state index in [1.165, 1.54) is 6.42 Å². The molecule has 0 saturated heterocycles. The molecule has 0 aliphatic heterocycles. The van der Waals surface area contributed by atoms with Crippen LogP contribution in [0.1, 0.15) is 39.4 Å². The Labute approximate surface area is 103 Å². The Bertz CT molecular complexity index is 371. The number of rotatable bonds is 6. The van der Waals surface area contributed by atoms with E-state index < -0.39 is 0 Å². The number of aryl methyl sites for hydroxylation is 1. The lowest BCUT2D eigenvalue weighted by Gasteiger charge is -2.17. The Hall–Kier alpha value is -0.940. The maximum atomic E-state index is 5.67. The molecule has 2 atom stereocenters. The highest BCUT2D eigenvalue weighted by atomic mass is 15.3. The van der Waals surface area contributed by atoms with Crippen molar-refractivity contribution in [1.29, 1.82) is 0 Å². The fourth-order valence-corrected chi connectivity index (χ4v) is 2.55. The van der Waals surface area contributed by atoms with Crippen molar-refractivity contribution in [2.24, 2.45) is 17.2 Å². The predicted molar refractivity (Wildman–Crippen MR) is 67.0 cm³/mol. The Morgan fingerprint density at radius 2 is 2.35 bits per heavy atom. The van der Waals surface area contributed by atoms with Gasteiger partial charge in [-0.1, -0.05) is 20.8 Å². The molecule has 5 nitrogen and oxygen atoms in total. The summed E-state index contributed by atoms with van der Waals surface area (Å²) >= 11 is 0. The van der Waals surface area contributed by atoms with E-state index in [9.17, 15) is 0 Å². The highest BCUT2D eigenvalue weighted by Crippen LogP contribution is 2.53.